The molecule has 1 aromatic rings. The van der Waals surface area contributed by atoms with Crippen molar-refractivity contribution in [2.45, 2.75) is 45.7 Å². The molecule has 0 aromatic carbocycles. The summed E-state index contributed by atoms with van der Waals surface area (Å²) in [7, 11) is 2.00. The lowest BCUT2D eigenvalue weighted by molar-refractivity contribution is 0.202. The molecule has 1 aliphatic rings. The van der Waals surface area contributed by atoms with Crippen LogP contribution in [0.3, 0.4) is 0 Å². The van der Waals surface area contributed by atoms with Crippen molar-refractivity contribution in [3.63, 3.8) is 0 Å². The van der Waals surface area contributed by atoms with Gasteiger partial charge in [0.25, 0.3) is 0 Å². The summed E-state index contributed by atoms with van der Waals surface area (Å²) < 4.78 is 1.92. The molecule has 0 bridgehead atoms. The van der Waals surface area contributed by atoms with Crippen molar-refractivity contribution in [2.75, 3.05) is 19.6 Å². The number of nitrogens with zero attached hydrogens (tertiary/aromatic N) is 3. The lowest BCUT2D eigenvalue weighted by Crippen LogP contribution is -2.38. The number of likely N-dealkylation sites (N-methyl/N-ethyl adjacent to an activating group) is 1. The van der Waals surface area contributed by atoms with E-state index in [1.807, 2.05) is 11.7 Å². The number of aryl methyl sites for hydroxylation is 2. The van der Waals surface area contributed by atoms with E-state index in [0.717, 1.165) is 18.8 Å². The molecule has 1 aromatic heterocycles. The average molecular weight is 250 g/mol. The highest BCUT2D eigenvalue weighted by molar-refractivity contribution is 5.19. The minimum Gasteiger partial charge on any atom is -0.313 e. The number of hydrogen-bond donors (Lipinski definition) is 1. The lowest BCUT2D eigenvalue weighted by Gasteiger charge is -2.30. The van der Waals surface area contributed by atoms with E-state index < -0.39 is 0 Å². The molecule has 0 saturated carbocycles. The fourth-order valence-electron chi connectivity index (χ4n) is 2.98. The third-order valence-corrected chi connectivity index (χ3v) is 4.07. The van der Waals surface area contributed by atoms with Gasteiger partial charge in [0.1, 0.15) is 0 Å². The Labute approximate surface area is 110 Å². The summed E-state index contributed by atoms with van der Waals surface area (Å²) in [5.41, 5.74) is 2.51. The molecule has 2 atom stereocenters. The standard InChI is InChI=1S/C14H26N4/c1-5-18(9-13-7-6-8-15-13)12(3)14-10-17(4)16-11(14)2/h10,12-13,15H,5-9H2,1-4H3. The summed E-state index contributed by atoms with van der Waals surface area (Å²) >= 11 is 0. The molecule has 2 rings (SSSR count). The second-order valence-corrected chi connectivity index (χ2v) is 5.40. The van der Waals surface area contributed by atoms with Gasteiger partial charge in [-0.1, -0.05) is 6.92 Å². The maximum absolute atomic E-state index is 4.46. The molecule has 2 heterocycles. The number of hydrogen-bond acceptors (Lipinski definition) is 3. The van der Waals surface area contributed by atoms with Gasteiger partial charge in [0, 0.05) is 37.4 Å². The average Bonchev–Trinajstić information content (AvgIpc) is 2.95. The third kappa shape index (κ3) is 2.93. The van der Waals surface area contributed by atoms with Gasteiger partial charge in [-0.05, 0) is 39.8 Å². The van der Waals surface area contributed by atoms with E-state index >= 15 is 0 Å². The SMILES string of the molecule is CCN(CC1CCCN1)C(C)c1cn(C)nc1C. The van der Waals surface area contributed by atoms with Crippen molar-refractivity contribution in [1.82, 2.24) is 20.0 Å². The Morgan fingerprint density at radius 1 is 1.61 bits per heavy atom. The second kappa shape index (κ2) is 5.85. The molecule has 1 aliphatic heterocycles. The Balaban J connectivity index is 2.04. The normalized spacial score (nSPS) is 21.7. The Morgan fingerprint density at radius 3 is 2.89 bits per heavy atom. The zero-order valence-electron chi connectivity index (χ0n) is 12.1. The van der Waals surface area contributed by atoms with Crippen LogP contribution in [-0.4, -0.2) is 40.4 Å². The predicted molar refractivity (Wildman–Crippen MR) is 74.6 cm³/mol. The monoisotopic (exact) mass is 250 g/mol. The zero-order valence-corrected chi connectivity index (χ0v) is 12.1. The summed E-state index contributed by atoms with van der Waals surface area (Å²) in [6, 6.07) is 1.12. The van der Waals surface area contributed by atoms with Crippen molar-refractivity contribution in [3.8, 4) is 0 Å². The summed E-state index contributed by atoms with van der Waals surface area (Å²) in [4.78, 5) is 2.55. The van der Waals surface area contributed by atoms with Gasteiger partial charge in [0.05, 0.1) is 5.69 Å². The van der Waals surface area contributed by atoms with Crippen LogP contribution in [0, 0.1) is 6.92 Å². The maximum Gasteiger partial charge on any atom is 0.0641 e. The molecule has 0 radical (unpaired) electrons. The van der Waals surface area contributed by atoms with Gasteiger partial charge in [0.15, 0.2) is 0 Å². The van der Waals surface area contributed by atoms with Crippen molar-refractivity contribution < 1.29 is 0 Å². The molecule has 0 amide bonds. The number of rotatable bonds is 5. The first-order chi connectivity index (χ1) is 8.61. The molecule has 0 spiro atoms. The Kier molecular flexibility index (Phi) is 4.40. The molecule has 102 valence electrons. The van der Waals surface area contributed by atoms with Gasteiger partial charge in [-0.2, -0.15) is 5.10 Å². The van der Waals surface area contributed by atoms with Gasteiger partial charge >= 0.3 is 0 Å². The molecule has 0 aliphatic carbocycles. The number of aromatic nitrogens is 2. The van der Waals surface area contributed by atoms with E-state index in [4.69, 9.17) is 0 Å². The molecular formula is C14H26N4. The maximum atomic E-state index is 4.46. The fraction of sp³-hybridized carbons (Fsp3) is 0.786. The van der Waals surface area contributed by atoms with Crippen LogP contribution in [-0.2, 0) is 7.05 Å². The molecular weight excluding hydrogens is 224 g/mol. The van der Waals surface area contributed by atoms with Crippen LogP contribution in [0.1, 0.15) is 44.0 Å². The van der Waals surface area contributed by atoms with Gasteiger partial charge in [-0.3, -0.25) is 9.58 Å². The minimum atomic E-state index is 0.450. The quantitative estimate of drug-likeness (QED) is 0.866. The summed E-state index contributed by atoms with van der Waals surface area (Å²) in [6.45, 7) is 10.1. The molecule has 1 N–H and O–H groups in total. The largest absolute Gasteiger partial charge is 0.313 e. The molecule has 1 saturated heterocycles. The fourth-order valence-corrected chi connectivity index (χ4v) is 2.98. The van der Waals surface area contributed by atoms with E-state index in [1.165, 1.54) is 24.9 Å². The van der Waals surface area contributed by atoms with Gasteiger partial charge in [-0.15, -0.1) is 0 Å². The highest BCUT2D eigenvalue weighted by Gasteiger charge is 2.23. The molecule has 1 fully saturated rings. The van der Waals surface area contributed by atoms with Crippen LogP contribution in [0.2, 0.25) is 0 Å². The second-order valence-electron chi connectivity index (χ2n) is 5.40. The van der Waals surface area contributed by atoms with Crippen LogP contribution >= 0.6 is 0 Å². The van der Waals surface area contributed by atoms with Crippen molar-refractivity contribution in [2.24, 2.45) is 7.05 Å². The third-order valence-electron chi connectivity index (χ3n) is 4.07. The highest BCUT2D eigenvalue weighted by atomic mass is 15.3. The summed E-state index contributed by atoms with van der Waals surface area (Å²) in [5, 5.41) is 8.04. The zero-order chi connectivity index (χ0) is 13.1. The lowest BCUT2D eigenvalue weighted by atomic mass is 10.1. The Hall–Kier alpha value is -0.870. The summed E-state index contributed by atoms with van der Waals surface area (Å²) in [5.74, 6) is 0. The van der Waals surface area contributed by atoms with E-state index in [9.17, 15) is 0 Å². The Bertz CT molecular complexity index is 379. The van der Waals surface area contributed by atoms with Crippen molar-refractivity contribution in [1.29, 1.82) is 0 Å². The molecule has 4 heteroatoms. The topological polar surface area (TPSA) is 33.1 Å². The minimum absolute atomic E-state index is 0.450. The summed E-state index contributed by atoms with van der Waals surface area (Å²) in [6.07, 6.45) is 4.79. The van der Waals surface area contributed by atoms with Crippen LogP contribution in [0.15, 0.2) is 6.20 Å². The van der Waals surface area contributed by atoms with Crippen molar-refractivity contribution in [3.05, 3.63) is 17.5 Å². The smallest absolute Gasteiger partial charge is 0.0641 e. The van der Waals surface area contributed by atoms with Crippen LogP contribution in [0.4, 0.5) is 0 Å². The van der Waals surface area contributed by atoms with Gasteiger partial charge in [-0.25, -0.2) is 0 Å². The van der Waals surface area contributed by atoms with Crippen LogP contribution in [0.25, 0.3) is 0 Å². The first-order valence-electron chi connectivity index (χ1n) is 7.09. The highest BCUT2D eigenvalue weighted by Crippen LogP contribution is 2.23. The van der Waals surface area contributed by atoms with E-state index in [-0.39, 0.29) is 0 Å². The van der Waals surface area contributed by atoms with Gasteiger partial charge < -0.3 is 5.32 Å². The Morgan fingerprint density at radius 2 is 2.39 bits per heavy atom. The molecule has 18 heavy (non-hydrogen) atoms. The first kappa shape index (κ1) is 13.6. The van der Waals surface area contributed by atoms with E-state index in [1.54, 1.807) is 0 Å². The molecule has 4 nitrogen and oxygen atoms in total. The molecule has 2 unspecified atom stereocenters. The van der Waals surface area contributed by atoms with E-state index in [0.29, 0.717) is 12.1 Å². The van der Waals surface area contributed by atoms with Crippen molar-refractivity contribution >= 4 is 0 Å². The number of nitrogens with one attached hydrogen (secondary N) is 1. The van der Waals surface area contributed by atoms with Crippen LogP contribution in [0.5, 0.6) is 0 Å². The first-order valence-corrected chi connectivity index (χ1v) is 7.09. The predicted octanol–water partition coefficient (Wildman–Crippen LogP) is 1.86. The van der Waals surface area contributed by atoms with Crippen LogP contribution < -0.4 is 5.32 Å². The van der Waals surface area contributed by atoms with Gasteiger partial charge in [0.2, 0.25) is 0 Å². The van der Waals surface area contributed by atoms with E-state index in [2.05, 4.69) is 42.3 Å².